The molecule has 1 saturated heterocycles. The fraction of sp³-hybridized carbons (Fsp3) is 0.263. The monoisotopic (exact) mass is 412 g/mol. The third-order valence-electron chi connectivity index (χ3n) is 5.22. The van der Waals surface area contributed by atoms with Crippen LogP contribution in [0.15, 0.2) is 52.0 Å². The summed E-state index contributed by atoms with van der Waals surface area (Å²) in [5.74, 6) is -2.60. The number of hydrogen-bond acceptors (Lipinski definition) is 7. The van der Waals surface area contributed by atoms with E-state index in [1.165, 1.54) is 12.3 Å². The quantitative estimate of drug-likeness (QED) is 0.737. The lowest BCUT2D eigenvalue weighted by molar-refractivity contribution is -0.120. The number of carbonyl (C=O) groups is 2. The minimum atomic E-state index is -4.13. The van der Waals surface area contributed by atoms with Crippen LogP contribution in [0.4, 0.5) is 11.4 Å². The Hall–Kier alpha value is -3.11. The average molecular weight is 412 g/mol. The number of benzene rings is 1. The van der Waals surface area contributed by atoms with Crippen molar-refractivity contribution in [1.82, 2.24) is 4.98 Å². The minimum absolute atomic E-state index is 0.188. The maximum atomic E-state index is 13.4. The van der Waals surface area contributed by atoms with Crippen LogP contribution < -0.4 is 10.2 Å². The van der Waals surface area contributed by atoms with E-state index in [-0.39, 0.29) is 22.6 Å². The highest BCUT2D eigenvalue weighted by molar-refractivity contribution is 7.90. The highest BCUT2D eigenvalue weighted by Crippen LogP contribution is 2.36. The normalized spacial score (nSPS) is 25.1. The minimum Gasteiger partial charge on any atom is -0.379 e. The van der Waals surface area contributed by atoms with Gasteiger partial charge in [0, 0.05) is 18.4 Å². The summed E-state index contributed by atoms with van der Waals surface area (Å²) in [4.78, 5) is 32.0. The SMILES string of the molecule is O=C1c2ccccc2N(C2CCOC2)C(=O)C1C1=NS(=O)(=O)c2ncccc2N1. The molecule has 3 aliphatic rings. The van der Waals surface area contributed by atoms with Crippen molar-refractivity contribution < 1.29 is 22.7 Å². The zero-order valence-electron chi connectivity index (χ0n) is 15.1. The molecule has 0 bridgehead atoms. The third-order valence-corrected chi connectivity index (χ3v) is 6.47. The highest BCUT2D eigenvalue weighted by Gasteiger charge is 2.47. The molecule has 0 spiro atoms. The molecule has 10 heteroatoms. The van der Waals surface area contributed by atoms with Crippen LogP contribution in [0.1, 0.15) is 16.8 Å². The predicted octanol–water partition coefficient (Wildman–Crippen LogP) is 1.23. The molecule has 9 nitrogen and oxygen atoms in total. The Morgan fingerprint density at radius 3 is 2.76 bits per heavy atom. The Kier molecular flexibility index (Phi) is 4.00. The lowest BCUT2D eigenvalue weighted by Gasteiger charge is -2.37. The zero-order valence-corrected chi connectivity index (χ0v) is 15.9. The van der Waals surface area contributed by atoms with E-state index in [0.717, 1.165) is 0 Å². The summed E-state index contributed by atoms with van der Waals surface area (Å²) in [5, 5.41) is 2.60. The number of anilines is 2. The van der Waals surface area contributed by atoms with E-state index < -0.39 is 27.6 Å². The molecule has 29 heavy (non-hydrogen) atoms. The van der Waals surface area contributed by atoms with Gasteiger partial charge in [-0.3, -0.25) is 9.59 Å². The molecule has 2 aromatic rings. The van der Waals surface area contributed by atoms with E-state index >= 15 is 0 Å². The number of pyridine rings is 1. The molecule has 5 rings (SSSR count). The van der Waals surface area contributed by atoms with Crippen LogP contribution in [0.3, 0.4) is 0 Å². The van der Waals surface area contributed by atoms with Crippen molar-refractivity contribution >= 4 is 38.9 Å². The summed E-state index contributed by atoms with van der Waals surface area (Å²) >= 11 is 0. The van der Waals surface area contributed by atoms with Gasteiger partial charge in [-0.2, -0.15) is 8.42 Å². The van der Waals surface area contributed by atoms with Crippen LogP contribution in [-0.2, 0) is 19.6 Å². The van der Waals surface area contributed by atoms with Crippen molar-refractivity contribution in [2.75, 3.05) is 23.4 Å². The maximum Gasteiger partial charge on any atom is 0.303 e. The van der Waals surface area contributed by atoms with Crippen molar-refractivity contribution in [3.8, 4) is 0 Å². The van der Waals surface area contributed by atoms with E-state index in [2.05, 4.69) is 14.7 Å². The Bertz CT molecular complexity index is 1170. The number of hydrogen-bond donors (Lipinski definition) is 1. The first-order chi connectivity index (χ1) is 14.0. The predicted molar refractivity (Wildman–Crippen MR) is 103 cm³/mol. The number of carbonyl (C=O) groups excluding carboxylic acids is 2. The second kappa shape index (κ2) is 6.46. The largest absolute Gasteiger partial charge is 0.379 e. The Morgan fingerprint density at radius 1 is 1.14 bits per heavy atom. The molecule has 0 saturated carbocycles. The fourth-order valence-corrected chi connectivity index (χ4v) is 5.00. The number of para-hydroxylation sites is 1. The number of sulfonamides is 1. The second-order valence-corrected chi connectivity index (χ2v) is 8.49. The van der Waals surface area contributed by atoms with E-state index in [9.17, 15) is 18.0 Å². The molecule has 148 valence electrons. The van der Waals surface area contributed by atoms with E-state index in [1.54, 1.807) is 35.2 Å². The topological polar surface area (TPSA) is 118 Å². The first-order valence-corrected chi connectivity index (χ1v) is 10.5. The van der Waals surface area contributed by atoms with Crippen molar-refractivity contribution in [3.63, 3.8) is 0 Å². The van der Waals surface area contributed by atoms with Crippen LogP contribution in [0.5, 0.6) is 0 Å². The van der Waals surface area contributed by atoms with E-state index in [4.69, 9.17) is 4.74 Å². The second-order valence-electron chi connectivity index (χ2n) is 6.97. The summed E-state index contributed by atoms with van der Waals surface area (Å²) in [6, 6.07) is 9.66. The molecule has 1 aromatic carbocycles. The average Bonchev–Trinajstić information content (AvgIpc) is 3.22. The number of Topliss-reactive ketones (excluding diaryl/α,β-unsaturated/α-hetero) is 1. The molecule has 1 amide bonds. The molecular weight excluding hydrogens is 396 g/mol. The molecule has 4 heterocycles. The van der Waals surface area contributed by atoms with Crippen molar-refractivity contribution in [3.05, 3.63) is 48.2 Å². The van der Waals surface area contributed by atoms with Gasteiger partial charge in [0.15, 0.2) is 11.7 Å². The van der Waals surface area contributed by atoms with Crippen LogP contribution in [0, 0.1) is 5.92 Å². The molecule has 1 N–H and O–H groups in total. The number of nitrogens with zero attached hydrogens (tertiary/aromatic N) is 3. The van der Waals surface area contributed by atoms with Crippen molar-refractivity contribution in [2.24, 2.45) is 10.3 Å². The van der Waals surface area contributed by atoms with Gasteiger partial charge in [-0.05, 0) is 30.7 Å². The number of fused-ring (bicyclic) bond motifs is 2. The van der Waals surface area contributed by atoms with Crippen LogP contribution in [0.25, 0.3) is 0 Å². The van der Waals surface area contributed by atoms with Crippen LogP contribution in [-0.4, -0.2) is 50.2 Å². The summed E-state index contributed by atoms with van der Waals surface area (Å²) in [5.41, 5.74) is 1.05. The molecular formula is C19H16N4O5S. The lowest BCUT2D eigenvalue weighted by Crippen LogP contribution is -2.54. The molecule has 3 aliphatic heterocycles. The van der Waals surface area contributed by atoms with Gasteiger partial charge in [-0.1, -0.05) is 12.1 Å². The molecule has 0 radical (unpaired) electrons. The van der Waals surface area contributed by atoms with Crippen molar-refractivity contribution in [1.29, 1.82) is 0 Å². The van der Waals surface area contributed by atoms with Gasteiger partial charge in [-0.25, -0.2) is 4.98 Å². The highest BCUT2D eigenvalue weighted by atomic mass is 32.2. The molecule has 0 aliphatic carbocycles. The molecule has 1 fully saturated rings. The fourth-order valence-electron chi connectivity index (χ4n) is 3.91. The van der Waals surface area contributed by atoms with E-state index in [0.29, 0.717) is 30.9 Å². The summed E-state index contributed by atoms with van der Waals surface area (Å²) in [7, 11) is -4.13. The lowest BCUT2D eigenvalue weighted by atomic mass is 9.88. The van der Waals surface area contributed by atoms with Crippen LogP contribution in [0.2, 0.25) is 0 Å². The number of amidine groups is 1. The maximum absolute atomic E-state index is 13.4. The first-order valence-electron chi connectivity index (χ1n) is 9.08. The zero-order chi connectivity index (χ0) is 20.2. The van der Waals surface area contributed by atoms with Gasteiger partial charge in [0.2, 0.25) is 10.9 Å². The number of ether oxygens (including phenoxy) is 1. The van der Waals surface area contributed by atoms with Gasteiger partial charge in [0.05, 0.1) is 24.0 Å². The smallest absolute Gasteiger partial charge is 0.303 e. The molecule has 2 unspecified atom stereocenters. The Balaban J connectivity index is 1.63. The standard InChI is InChI=1S/C19H16N4O5S/c24-16-12-4-1-2-6-14(12)23(11-7-9-28-10-11)19(25)15(16)17-21-13-5-3-8-20-18(13)29(26,27)22-17/h1-6,8,11,15H,7,9-10H2,(H,21,22). The van der Waals surface area contributed by atoms with Gasteiger partial charge in [-0.15, -0.1) is 4.40 Å². The van der Waals surface area contributed by atoms with Gasteiger partial charge in [0.1, 0.15) is 5.84 Å². The summed E-state index contributed by atoms with van der Waals surface area (Å²) in [6.45, 7) is 0.869. The van der Waals surface area contributed by atoms with Gasteiger partial charge in [0.25, 0.3) is 0 Å². The van der Waals surface area contributed by atoms with Crippen LogP contribution >= 0.6 is 0 Å². The number of ketones is 1. The Labute approximate surface area is 166 Å². The molecule has 1 aromatic heterocycles. The number of amides is 1. The molecule has 2 atom stereocenters. The van der Waals surface area contributed by atoms with Gasteiger partial charge >= 0.3 is 10.0 Å². The van der Waals surface area contributed by atoms with Gasteiger partial charge < -0.3 is 15.0 Å². The Morgan fingerprint density at radius 2 is 1.97 bits per heavy atom. The van der Waals surface area contributed by atoms with Crippen molar-refractivity contribution in [2.45, 2.75) is 17.5 Å². The number of rotatable bonds is 2. The summed E-state index contributed by atoms with van der Waals surface area (Å²) in [6.07, 6.45) is 1.97. The third kappa shape index (κ3) is 2.75. The number of nitrogens with one attached hydrogen (secondary N) is 1. The first kappa shape index (κ1) is 18.0. The summed E-state index contributed by atoms with van der Waals surface area (Å²) < 4.78 is 34.3. The van der Waals surface area contributed by atoms with E-state index in [1.807, 2.05) is 0 Å². The number of aromatic nitrogens is 1.